The monoisotopic (exact) mass is 616 g/mol. The Morgan fingerprint density at radius 1 is 0.698 bits per heavy atom. The smallest absolute Gasteiger partial charge is 0.333 e. The van der Waals surface area contributed by atoms with E-state index in [4.69, 9.17) is 33.5 Å². The van der Waals surface area contributed by atoms with E-state index in [2.05, 4.69) is 13.2 Å². The van der Waals surface area contributed by atoms with Crippen molar-refractivity contribution in [1.29, 1.82) is 0 Å². The van der Waals surface area contributed by atoms with Crippen LogP contribution in [0.15, 0.2) is 24.3 Å². The van der Waals surface area contributed by atoms with Gasteiger partial charge < -0.3 is 33.5 Å². The highest BCUT2D eigenvalue weighted by Gasteiger charge is 2.07. The first kappa shape index (κ1) is 41.9. The Morgan fingerprint density at radius 3 is 1.65 bits per heavy atom. The molecule has 0 aromatic heterocycles. The van der Waals surface area contributed by atoms with Crippen molar-refractivity contribution in [2.45, 2.75) is 90.9 Å². The third-order valence-corrected chi connectivity index (χ3v) is 5.41. The minimum atomic E-state index is -0.482. The van der Waals surface area contributed by atoms with E-state index >= 15 is 0 Å². The molecular weight excluding hydrogens is 564 g/mol. The summed E-state index contributed by atoms with van der Waals surface area (Å²) in [5, 5.41) is 8.53. The average Bonchev–Trinajstić information content (AvgIpc) is 3.23. The predicted molar refractivity (Wildman–Crippen MR) is 159 cm³/mol. The Morgan fingerprint density at radius 2 is 1.19 bits per heavy atom. The van der Waals surface area contributed by atoms with Gasteiger partial charge >= 0.3 is 29.8 Å². The van der Waals surface area contributed by atoms with Crippen LogP contribution >= 0.6 is 0 Å². The summed E-state index contributed by atoms with van der Waals surface area (Å²) in [5.74, 6) is -1.55. The van der Waals surface area contributed by atoms with Crippen LogP contribution < -0.4 is 0 Å². The van der Waals surface area contributed by atoms with E-state index < -0.39 is 11.9 Å². The van der Waals surface area contributed by atoms with Gasteiger partial charge in [-0.05, 0) is 58.8 Å². The Hall–Kier alpha value is -3.25. The SMILES string of the molecule is C=C(C)C(=O)OCCOC(=O)CCCCCO.C=C(C)C(=O)OCCOC(=O)CCCCCOC.O=C1CCCCCO1. The van der Waals surface area contributed by atoms with Crippen LogP contribution in [0.3, 0.4) is 0 Å². The van der Waals surface area contributed by atoms with Gasteiger partial charge in [0.05, 0.1) is 6.61 Å². The number of hydrogen-bond donors (Lipinski definition) is 1. The minimum Gasteiger partial charge on any atom is -0.466 e. The Kier molecular flexibility index (Phi) is 29.4. The zero-order chi connectivity index (χ0) is 32.7. The summed E-state index contributed by atoms with van der Waals surface area (Å²) < 4.78 is 28.9. The molecule has 1 N–H and O–H groups in total. The quantitative estimate of drug-likeness (QED) is 0.0956. The number of hydrogen-bond acceptors (Lipinski definition) is 12. The molecule has 0 aromatic rings. The van der Waals surface area contributed by atoms with Crippen molar-refractivity contribution in [2.24, 2.45) is 0 Å². The second-order valence-corrected chi connectivity index (χ2v) is 9.64. The number of carbonyl (C=O) groups is 5. The molecule has 0 aromatic carbocycles. The zero-order valence-corrected chi connectivity index (χ0v) is 26.3. The molecule has 1 aliphatic rings. The molecule has 0 bridgehead atoms. The van der Waals surface area contributed by atoms with E-state index in [1.54, 1.807) is 21.0 Å². The summed E-state index contributed by atoms with van der Waals surface area (Å²) in [7, 11) is 1.65. The summed E-state index contributed by atoms with van der Waals surface area (Å²) in [5.41, 5.74) is 0.653. The second-order valence-electron chi connectivity index (χ2n) is 9.64. The number of rotatable bonds is 19. The molecule has 248 valence electrons. The first-order valence-corrected chi connectivity index (χ1v) is 14.8. The fraction of sp³-hybridized carbons (Fsp3) is 0.710. The molecule has 12 nitrogen and oxygen atoms in total. The van der Waals surface area contributed by atoms with Gasteiger partial charge in [0.15, 0.2) is 0 Å². The van der Waals surface area contributed by atoms with Crippen LogP contribution in [0.1, 0.15) is 90.9 Å². The van der Waals surface area contributed by atoms with Gasteiger partial charge in [-0.1, -0.05) is 26.0 Å². The Labute approximate surface area is 256 Å². The number of aliphatic hydroxyl groups excluding tert-OH is 1. The minimum absolute atomic E-state index is 0.0255. The van der Waals surface area contributed by atoms with Crippen LogP contribution in [0.4, 0.5) is 0 Å². The number of carbonyl (C=O) groups excluding carboxylic acids is 5. The van der Waals surface area contributed by atoms with Gasteiger partial charge in [0.25, 0.3) is 0 Å². The van der Waals surface area contributed by atoms with Crippen LogP contribution in [0.25, 0.3) is 0 Å². The van der Waals surface area contributed by atoms with E-state index in [1.165, 1.54) is 0 Å². The fourth-order valence-corrected chi connectivity index (χ4v) is 3.03. The molecular formula is C31H52O12. The molecule has 0 saturated carbocycles. The number of aliphatic hydroxyl groups is 1. The van der Waals surface area contributed by atoms with E-state index in [1.807, 2.05) is 0 Å². The number of unbranched alkanes of at least 4 members (excludes halogenated alkanes) is 4. The molecule has 0 atom stereocenters. The Balaban J connectivity index is 0. The molecule has 0 radical (unpaired) electrons. The van der Waals surface area contributed by atoms with E-state index in [0.29, 0.717) is 56.5 Å². The van der Waals surface area contributed by atoms with Crippen molar-refractivity contribution in [3.05, 3.63) is 24.3 Å². The predicted octanol–water partition coefficient (Wildman–Crippen LogP) is 4.16. The zero-order valence-electron chi connectivity index (χ0n) is 26.3. The maximum Gasteiger partial charge on any atom is 0.333 e. The average molecular weight is 617 g/mol. The topological polar surface area (TPSA) is 161 Å². The number of esters is 5. The van der Waals surface area contributed by atoms with E-state index in [9.17, 15) is 24.0 Å². The number of ether oxygens (including phenoxy) is 6. The van der Waals surface area contributed by atoms with Gasteiger partial charge in [-0.25, -0.2) is 9.59 Å². The summed E-state index contributed by atoms with van der Waals surface area (Å²) >= 11 is 0. The molecule has 12 heteroatoms. The third kappa shape index (κ3) is 31.5. The first-order valence-electron chi connectivity index (χ1n) is 14.8. The maximum absolute atomic E-state index is 11.2. The van der Waals surface area contributed by atoms with Gasteiger partial charge in [-0.15, -0.1) is 0 Å². The second kappa shape index (κ2) is 30.2. The van der Waals surface area contributed by atoms with Gasteiger partial charge in [-0.3, -0.25) is 14.4 Å². The summed E-state index contributed by atoms with van der Waals surface area (Å²) in [6.07, 6.45) is 9.41. The van der Waals surface area contributed by atoms with Gasteiger partial charge in [0.1, 0.15) is 26.4 Å². The lowest BCUT2D eigenvalue weighted by Crippen LogP contribution is -2.14. The lowest BCUT2D eigenvalue weighted by molar-refractivity contribution is -0.150. The third-order valence-electron chi connectivity index (χ3n) is 5.41. The van der Waals surface area contributed by atoms with Gasteiger partial charge in [-0.2, -0.15) is 0 Å². The van der Waals surface area contributed by atoms with Crippen LogP contribution in [0.2, 0.25) is 0 Å². The molecule has 1 fully saturated rings. The van der Waals surface area contributed by atoms with Crippen LogP contribution in [-0.2, 0) is 52.4 Å². The normalized spacial score (nSPS) is 12.0. The maximum atomic E-state index is 11.2. The van der Waals surface area contributed by atoms with Crippen LogP contribution in [0, 0.1) is 0 Å². The van der Waals surface area contributed by atoms with Crippen molar-refractivity contribution in [1.82, 2.24) is 0 Å². The summed E-state index contributed by atoms with van der Waals surface area (Å²) in [6.45, 7) is 11.8. The molecule has 1 rings (SSSR count). The van der Waals surface area contributed by atoms with Crippen molar-refractivity contribution in [2.75, 3.05) is 53.4 Å². The molecule has 43 heavy (non-hydrogen) atoms. The van der Waals surface area contributed by atoms with Crippen molar-refractivity contribution in [3.63, 3.8) is 0 Å². The van der Waals surface area contributed by atoms with Gasteiger partial charge in [0, 0.05) is 50.7 Å². The molecule has 1 heterocycles. The largest absolute Gasteiger partial charge is 0.466 e. The Bertz CT molecular complexity index is 812. The van der Waals surface area contributed by atoms with Crippen LogP contribution in [-0.4, -0.2) is 88.3 Å². The molecule has 0 spiro atoms. The van der Waals surface area contributed by atoms with Crippen molar-refractivity contribution < 1.29 is 57.5 Å². The highest BCUT2D eigenvalue weighted by atomic mass is 16.6. The summed E-state index contributed by atoms with van der Waals surface area (Å²) in [4.78, 5) is 54.8. The van der Waals surface area contributed by atoms with Gasteiger partial charge in [0.2, 0.25) is 0 Å². The molecule has 0 unspecified atom stereocenters. The standard InChI is InChI=1S/C13H22O5.C12H20O5.C6H10O2/c1-11(2)13(15)18-10-9-17-12(14)7-5-4-6-8-16-3;1-10(2)12(15)17-9-8-16-11(14)6-4-3-5-7-13;7-6-4-2-1-3-5-8-6/h1,4-10H2,2-3H3;13H,1,3-9H2,2H3;1-5H2. The number of methoxy groups -OCH3 is 1. The molecule has 1 aliphatic heterocycles. The van der Waals surface area contributed by atoms with Crippen molar-refractivity contribution >= 4 is 29.8 Å². The summed E-state index contributed by atoms with van der Waals surface area (Å²) in [6, 6.07) is 0. The molecule has 0 amide bonds. The van der Waals surface area contributed by atoms with Crippen LogP contribution in [0.5, 0.6) is 0 Å². The highest BCUT2D eigenvalue weighted by molar-refractivity contribution is 5.87. The molecule has 0 aliphatic carbocycles. The lowest BCUT2D eigenvalue weighted by atomic mass is 10.2. The fourth-order valence-electron chi connectivity index (χ4n) is 3.03. The van der Waals surface area contributed by atoms with E-state index in [0.717, 1.165) is 44.9 Å². The van der Waals surface area contributed by atoms with E-state index in [-0.39, 0.29) is 50.9 Å². The lowest BCUT2D eigenvalue weighted by Gasteiger charge is -2.06. The van der Waals surface area contributed by atoms with Crippen molar-refractivity contribution in [3.8, 4) is 0 Å². The highest BCUT2D eigenvalue weighted by Crippen LogP contribution is 2.06. The number of cyclic esters (lactones) is 1. The first-order chi connectivity index (χ1) is 20.5. The molecule has 1 saturated heterocycles.